The molecule has 98 valence electrons. The Bertz CT molecular complexity index is 150. The maximum Gasteiger partial charge on any atom is 0.0645 e. The van der Waals surface area contributed by atoms with Gasteiger partial charge >= 0.3 is 0 Å². The molecule has 3 nitrogen and oxygen atoms in total. The molecule has 16 heavy (non-hydrogen) atoms. The topological polar surface area (TPSA) is 52.5 Å². The van der Waals surface area contributed by atoms with Gasteiger partial charge < -0.3 is 15.5 Å². The van der Waals surface area contributed by atoms with Crippen molar-refractivity contribution in [3.05, 3.63) is 0 Å². The monoisotopic (exact) mass is 231 g/mol. The molecule has 0 radical (unpaired) electrons. The van der Waals surface area contributed by atoms with Crippen molar-refractivity contribution < 1.29 is 10.2 Å². The SMILES string of the molecule is CCCCC(CC)CNC(CC)(CO)CO. The number of rotatable bonds is 10. The molecule has 0 saturated heterocycles. The Hall–Kier alpha value is -0.120. The molecule has 0 rings (SSSR count). The van der Waals surface area contributed by atoms with Crippen molar-refractivity contribution in [1.82, 2.24) is 5.32 Å². The molecule has 0 amide bonds. The van der Waals surface area contributed by atoms with Gasteiger partial charge in [0, 0.05) is 0 Å². The van der Waals surface area contributed by atoms with Gasteiger partial charge in [0.2, 0.25) is 0 Å². The van der Waals surface area contributed by atoms with Crippen LogP contribution in [0.5, 0.6) is 0 Å². The fourth-order valence-electron chi connectivity index (χ4n) is 1.81. The van der Waals surface area contributed by atoms with Gasteiger partial charge in [-0.2, -0.15) is 0 Å². The van der Waals surface area contributed by atoms with E-state index >= 15 is 0 Å². The third kappa shape index (κ3) is 5.28. The first kappa shape index (κ1) is 15.9. The molecule has 1 unspecified atom stereocenters. The number of unbranched alkanes of at least 4 members (excludes halogenated alkanes) is 1. The highest BCUT2D eigenvalue weighted by molar-refractivity contribution is 4.86. The minimum absolute atomic E-state index is 0.00418. The van der Waals surface area contributed by atoms with Gasteiger partial charge in [-0.15, -0.1) is 0 Å². The number of nitrogens with one attached hydrogen (secondary N) is 1. The van der Waals surface area contributed by atoms with E-state index in [1.165, 1.54) is 19.3 Å². The van der Waals surface area contributed by atoms with Gasteiger partial charge in [-0.1, -0.05) is 40.0 Å². The minimum atomic E-state index is -0.486. The summed E-state index contributed by atoms with van der Waals surface area (Å²) in [6.07, 6.45) is 5.64. The fourth-order valence-corrected chi connectivity index (χ4v) is 1.81. The second-order valence-corrected chi connectivity index (χ2v) is 4.75. The predicted octanol–water partition coefficient (Wildman–Crippen LogP) is 1.93. The zero-order valence-corrected chi connectivity index (χ0v) is 11.1. The van der Waals surface area contributed by atoms with Crippen LogP contribution in [0, 0.1) is 5.92 Å². The Morgan fingerprint density at radius 2 is 1.75 bits per heavy atom. The lowest BCUT2D eigenvalue weighted by Crippen LogP contribution is -2.52. The second kappa shape index (κ2) is 8.97. The van der Waals surface area contributed by atoms with Gasteiger partial charge in [-0.05, 0) is 25.3 Å². The molecule has 0 aliphatic heterocycles. The van der Waals surface area contributed by atoms with Gasteiger partial charge in [0.1, 0.15) is 0 Å². The third-order valence-corrected chi connectivity index (χ3v) is 3.59. The largest absolute Gasteiger partial charge is 0.394 e. The lowest BCUT2D eigenvalue weighted by atomic mass is 9.94. The number of aliphatic hydroxyl groups is 2. The highest BCUT2D eigenvalue weighted by Crippen LogP contribution is 2.14. The van der Waals surface area contributed by atoms with Gasteiger partial charge in [0.15, 0.2) is 0 Å². The average molecular weight is 231 g/mol. The first-order valence-corrected chi connectivity index (χ1v) is 6.64. The van der Waals surface area contributed by atoms with Crippen LogP contribution in [-0.2, 0) is 0 Å². The molecule has 0 fully saturated rings. The molecule has 0 aliphatic carbocycles. The summed E-state index contributed by atoms with van der Waals surface area (Å²) in [6.45, 7) is 7.30. The summed E-state index contributed by atoms with van der Waals surface area (Å²) in [5, 5.41) is 22.0. The van der Waals surface area contributed by atoms with Gasteiger partial charge in [-0.3, -0.25) is 0 Å². The van der Waals surface area contributed by atoms with Crippen molar-refractivity contribution in [2.24, 2.45) is 5.92 Å². The number of hydrogen-bond acceptors (Lipinski definition) is 3. The van der Waals surface area contributed by atoms with E-state index in [-0.39, 0.29) is 13.2 Å². The zero-order valence-electron chi connectivity index (χ0n) is 11.1. The maximum atomic E-state index is 9.32. The molecule has 0 bridgehead atoms. The predicted molar refractivity (Wildman–Crippen MR) is 68.5 cm³/mol. The van der Waals surface area contributed by atoms with Crippen molar-refractivity contribution in [2.75, 3.05) is 19.8 Å². The average Bonchev–Trinajstić information content (AvgIpc) is 2.35. The molecule has 0 saturated carbocycles. The van der Waals surface area contributed by atoms with Crippen molar-refractivity contribution in [2.45, 2.75) is 58.4 Å². The summed E-state index contributed by atoms with van der Waals surface area (Å²) in [6, 6.07) is 0. The molecule has 0 aliphatic rings. The van der Waals surface area contributed by atoms with E-state index < -0.39 is 5.54 Å². The van der Waals surface area contributed by atoms with E-state index in [1.54, 1.807) is 0 Å². The first-order chi connectivity index (χ1) is 7.67. The molecule has 0 spiro atoms. The molecule has 1 atom stereocenters. The van der Waals surface area contributed by atoms with Crippen LogP contribution in [0.4, 0.5) is 0 Å². The molecule has 0 aromatic heterocycles. The lowest BCUT2D eigenvalue weighted by molar-refractivity contribution is 0.0833. The summed E-state index contributed by atoms with van der Waals surface area (Å²) in [4.78, 5) is 0. The van der Waals surface area contributed by atoms with Crippen molar-refractivity contribution >= 4 is 0 Å². The normalized spacial score (nSPS) is 14.1. The Kier molecular flexibility index (Phi) is 8.90. The van der Waals surface area contributed by atoms with Crippen LogP contribution < -0.4 is 5.32 Å². The maximum absolute atomic E-state index is 9.32. The fraction of sp³-hybridized carbons (Fsp3) is 1.00. The zero-order chi connectivity index (χ0) is 12.4. The van der Waals surface area contributed by atoms with Crippen LogP contribution in [-0.4, -0.2) is 35.5 Å². The smallest absolute Gasteiger partial charge is 0.0645 e. The van der Waals surface area contributed by atoms with Crippen LogP contribution in [0.25, 0.3) is 0 Å². The molecule has 3 N–H and O–H groups in total. The second-order valence-electron chi connectivity index (χ2n) is 4.75. The summed E-state index contributed by atoms with van der Waals surface area (Å²) in [5.41, 5.74) is -0.486. The lowest BCUT2D eigenvalue weighted by Gasteiger charge is -2.31. The third-order valence-electron chi connectivity index (χ3n) is 3.59. The van der Waals surface area contributed by atoms with Crippen LogP contribution in [0.3, 0.4) is 0 Å². The van der Waals surface area contributed by atoms with Gasteiger partial charge in [0.05, 0.1) is 18.8 Å². The minimum Gasteiger partial charge on any atom is -0.394 e. The van der Waals surface area contributed by atoms with Gasteiger partial charge in [-0.25, -0.2) is 0 Å². The van der Waals surface area contributed by atoms with E-state index in [1.807, 2.05) is 6.92 Å². The van der Waals surface area contributed by atoms with Crippen molar-refractivity contribution in [3.63, 3.8) is 0 Å². The molecular formula is C13H29NO2. The Balaban J connectivity index is 4.05. The van der Waals surface area contributed by atoms with Gasteiger partial charge in [0.25, 0.3) is 0 Å². The van der Waals surface area contributed by atoms with E-state index in [0.29, 0.717) is 5.92 Å². The van der Waals surface area contributed by atoms with E-state index in [2.05, 4.69) is 19.2 Å². The van der Waals surface area contributed by atoms with E-state index in [0.717, 1.165) is 19.4 Å². The summed E-state index contributed by atoms with van der Waals surface area (Å²) in [7, 11) is 0. The van der Waals surface area contributed by atoms with E-state index in [4.69, 9.17) is 0 Å². The Morgan fingerprint density at radius 1 is 1.12 bits per heavy atom. The molecule has 0 aromatic carbocycles. The van der Waals surface area contributed by atoms with Crippen LogP contribution in [0.2, 0.25) is 0 Å². The quantitative estimate of drug-likeness (QED) is 0.538. The Labute approximate surface area is 100 Å². The van der Waals surface area contributed by atoms with Crippen LogP contribution in [0.1, 0.15) is 52.9 Å². The molecule has 0 heterocycles. The van der Waals surface area contributed by atoms with Crippen LogP contribution in [0.15, 0.2) is 0 Å². The number of hydrogen-bond donors (Lipinski definition) is 3. The highest BCUT2D eigenvalue weighted by atomic mass is 16.3. The first-order valence-electron chi connectivity index (χ1n) is 6.64. The van der Waals surface area contributed by atoms with Crippen molar-refractivity contribution in [3.8, 4) is 0 Å². The standard InChI is InChI=1S/C13H29NO2/c1-4-7-8-12(5-2)9-14-13(6-3,10-15)11-16/h12,14-16H,4-11H2,1-3H3. The van der Waals surface area contributed by atoms with Crippen LogP contribution >= 0.6 is 0 Å². The summed E-state index contributed by atoms with van der Waals surface area (Å²) < 4.78 is 0. The number of aliphatic hydroxyl groups excluding tert-OH is 2. The molecular weight excluding hydrogens is 202 g/mol. The molecule has 0 aromatic rings. The van der Waals surface area contributed by atoms with E-state index in [9.17, 15) is 10.2 Å². The molecule has 3 heteroatoms. The summed E-state index contributed by atoms with van der Waals surface area (Å²) >= 11 is 0. The van der Waals surface area contributed by atoms with Crippen molar-refractivity contribution in [1.29, 1.82) is 0 Å². The highest BCUT2D eigenvalue weighted by Gasteiger charge is 2.26. The summed E-state index contributed by atoms with van der Waals surface area (Å²) in [5.74, 6) is 0.656. The Morgan fingerprint density at radius 3 is 2.12 bits per heavy atom.